The zero-order valence-electron chi connectivity index (χ0n) is 11.7. The third-order valence-corrected chi connectivity index (χ3v) is 3.31. The second-order valence-corrected chi connectivity index (χ2v) is 5.21. The average molecular weight is 271 g/mol. The number of carboxylic acid groups (broad SMARTS) is 1. The minimum absolute atomic E-state index is 0.112. The van der Waals surface area contributed by atoms with E-state index in [0.29, 0.717) is 13.0 Å². The lowest BCUT2D eigenvalue weighted by Crippen LogP contribution is -2.49. The fourth-order valence-corrected chi connectivity index (χ4v) is 2.30. The summed E-state index contributed by atoms with van der Waals surface area (Å²) in [7, 11) is 2.06. The maximum absolute atomic E-state index is 11.6. The Bertz CT molecular complexity index is 297. The number of urea groups is 1. The van der Waals surface area contributed by atoms with E-state index in [2.05, 4.69) is 22.6 Å². The van der Waals surface area contributed by atoms with E-state index in [9.17, 15) is 9.59 Å². The highest BCUT2D eigenvalue weighted by molar-refractivity contribution is 5.74. The molecule has 110 valence electrons. The average Bonchev–Trinajstić information content (AvgIpc) is 2.33. The molecule has 0 aromatic heterocycles. The number of likely N-dealkylation sites (N-methyl/N-ethyl adjacent to an activating group) is 1. The van der Waals surface area contributed by atoms with Gasteiger partial charge < -0.3 is 20.6 Å². The summed E-state index contributed by atoms with van der Waals surface area (Å²) in [6, 6.07) is 0.129. The van der Waals surface area contributed by atoms with Crippen molar-refractivity contribution in [2.45, 2.75) is 44.6 Å². The highest BCUT2D eigenvalue weighted by atomic mass is 16.4. The Hall–Kier alpha value is -1.30. The lowest BCUT2D eigenvalue weighted by molar-refractivity contribution is -0.137. The van der Waals surface area contributed by atoms with Gasteiger partial charge in [-0.15, -0.1) is 0 Å². The van der Waals surface area contributed by atoms with Gasteiger partial charge in [0.25, 0.3) is 0 Å². The van der Waals surface area contributed by atoms with E-state index in [1.165, 1.54) is 0 Å². The van der Waals surface area contributed by atoms with Crippen molar-refractivity contribution in [1.29, 1.82) is 0 Å². The molecule has 1 heterocycles. The molecule has 3 N–H and O–H groups in total. The third kappa shape index (κ3) is 7.66. The second-order valence-electron chi connectivity index (χ2n) is 5.21. The molecule has 19 heavy (non-hydrogen) atoms. The molecule has 0 saturated carbocycles. The van der Waals surface area contributed by atoms with Gasteiger partial charge in [0, 0.05) is 25.6 Å². The van der Waals surface area contributed by atoms with Crippen molar-refractivity contribution in [2.75, 3.05) is 26.7 Å². The van der Waals surface area contributed by atoms with Crippen LogP contribution in [0.15, 0.2) is 0 Å². The minimum Gasteiger partial charge on any atom is -0.481 e. The first-order chi connectivity index (χ1) is 9.08. The molecule has 1 atom stereocenters. The van der Waals surface area contributed by atoms with Crippen LogP contribution in [-0.4, -0.2) is 54.7 Å². The molecule has 1 aliphatic heterocycles. The quantitative estimate of drug-likeness (QED) is 0.604. The standard InChI is InChI=1S/C13H25N3O3/c1-16-9-5-6-11(10-16)15-13(19)14-8-4-2-3-7-12(17)18/h11H,2-10H2,1H3,(H,17,18)(H2,14,15,19). The van der Waals surface area contributed by atoms with Gasteiger partial charge in [-0.2, -0.15) is 0 Å². The first-order valence-electron chi connectivity index (χ1n) is 7.02. The van der Waals surface area contributed by atoms with Gasteiger partial charge in [-0.25, -0.2) is 4.79 Å². The summed E-state index contributed by atoms with van der Waals surface area (Å²) in [6.07, 6.45) is 4.70. The Morgan fingerprint density at radius 1 is 1.32 bits per heavy atom. The van der Waals surface area contributed by atoms with E-state index in [4.69, 9.17) is 5.11 Å². The van der Waals surface area contributed by atoms with Gasteiger partial charge in [-0.3, -0.25) is 4.79 Å². The van der Waals surface area contributed by atoms with Crippen molar-refractivity contribution in [2.24, 2.45) is 0 Å². The number of nitrogens with one attached hydrogen (secondary N) is 2. The number of hydrogen-bond acceptors (Lipinski definition) is 3. The fourth-order valence-electron chi connectivity index (χ4n) is 2.30. The first kappa shape index (κ1) is 15.8. The minimum atomic E-state index is -0.757. The lowest BCUT2D eigenvalue weighted by Gasteiger charge is -2.30. The number of rotatable bonds is 7. The number of nitrogens with zero attached hydrogens (tertiary/aromatic N) is 1. The smallest absolute Gasteiger partial charge is 0.315 e. The van der Waals surface area contributed by atoms with Crippen LogP contribution in [0.4, 0.5) is 4.79 Å². The van der Waals surface area contributed by atoms with Crippen molar-refractivity contribution < 1.29 is 14.7 Å². The highest BCUT2D eigenvalue weighted by Crippen LogP contribution is 2.07. The first-order valence-corrected chi connectivity index (χ1v) is 7.02. The predicted molar refractivity (Wildman–Crippen MR) is 73.2 cm³/mol. The number of hydrogen-bond donors (Lipinski definition) is 3. The summed E-state index contributed by atoms with van der Waals surface area (Å²) < 4.78 is 0. The van der Waals surface area contributed by atoms with Gasteiger partial charge >= 0.3 is 12.0 Å². The second kappa shape index (κ2) is 8.74. The van der Waals surface area contributed by atoms with E-state index in [1.54, 1.807) is 0 Å². The maximum Gasteiger partial charge on any atom is 0.315 e. The molecular weight excluding hydrogens is 246 g/mol. The van der Waals surface area contributed by atoms with E-state index in [-0.39, 0.29) is 18.5 Å². The number of amides is 2. The summed E-state index contributed by atoms with van der Waals surface area (Å²) in [5.74, 6) is -0.757. The summed E-state index contributed by atoms with van der Waals surface area (Å²) >= 11 is 0. The van der Waals surface area contributed by atoms with Gasteiger partial charge in [0.05, 0.1) is 0 Å². The van der Waals surface area contributed by atoms with Crippen molar-refractivity contribution in [1.82, 2.24) is 15.5 Å². The summed E-state index contributed by atoms with van der Waals surface area (Å²) in [4.78, 5) is 24.2. The Balaban J connectivity index is 2.00. The van der Waals surface area contributed by atoms with Crippen LogP contribution in [0, 0.1) is 0 Å². The van der Waals surface area contributed by atoms with E-state index in [1.807, 2.05) is 0 Å². The monoisotopic (exact) mass is 271 g/mol. The number of carbonyl (C=O) groups is 2. The van der Waals surface area contributed by atoms with Crippen LogP contribution >= 0.6 is 0 Å². The van der Waals surface area contributed by atoms with Gasteiger partial charge in [0.1, 0.15) is 0 Å². The van der Waals surface area contributed by atoms with Crippen molar-refractivity contribution in [3.05, 3.63) is 0 Å². The van der Waals surface area contributed by atoms with Crippen LogP contribution in [-0.2, 0) is 4.79 Å². The summed E-state index contributed by atoms with van der Waals surface area (Å²) in [6.45, 7) is 2.61. The Kier molecular flexibility index (Phi) is 7.25. The largest absolute Gasteiger partial charge is 0.481 e. The highest BCUT2D eigenvalue weighted by Gasteiger charge is 2.18. The van der Waals surface area contributed by atoms with Crippen molar-refractivity contribution in [3.8, 4) is 0 Å². The Morgan fingerprint density at radius 2 is 2.11 bits per heavy atom. The maximum atomic E-state index is 11.6. The molecule has 2 amide bonds. The lowest BCUT2D eigenvalue weighted by atomic mass is 10.1. The fraction of sp³-hybridized carbons (Fsp3) is 0.846. The number of aliphatic carboxylic acids is 1. The van der Waals surface area contributed by atoms with Crippen LogP contribution in [0.1, 0.15) is 38.5 Å². The third-order valence-electron chi connectivity index (χ3n) is 3.31. The van der Waals surface area contributed by atoms with Crippen LogP contribution < -0.4 is 10.6 Å². The topological polar surface area (TPSA) is 81.7 Å². The van der Waals surface area contributed by atoms with Crippen molar-refractivity contribution >= 4 is 12.0 Å². The van der Waals surface area contributed by atoms with Crippen molar-refractivity contribution in [3.63, 3.8) is 0 Å². The molecule has 0 bridgehead atoms. The molecule has 0 aromatic rings. The molecule has 6 nitrogen and oxygen atoms in total. The molecule has 0 aromatic carbocycles. The molecule has 6 heteroatoms. The number of piperidine rings is 1. The normalized spacial score (nSPS) is 19.9. The summed E-state index contributed by atoms with van der Waals surface area (Å²) in [5, 5.41) is 14.3. The van der Waals surface area contributed by atoms with Gasteiger partial charge in [0.15, 0.2) is 0 Å². The zero-order chi connectivity index (χ0) is 14.1. The molecule has 1 aliphatic rings. The Labute approximate surface area is 114 Å². The van der Waals surface area contributed by atoms with E-state index >= 15 is 0 Å². The van der Waals surface area contributed by atoms with Gasteiger partial charge in [0.2, 0.25) is 0 Å². The van der Waals surface area contributed by atoms with Crippen LogP contribution in [0.2, 0.25) is 0 Å². The number of likely N-dealkylation sites (tertiary alicyclic amines) is 1. The molecule has 0 radical (unpaired) electrons. The summed E-state index contributed by atoms with van der Waals surface area (Å²) in [5.41, 5.74) is 0. The Morgan fingerprint density at radius 3 is 2.79 bits per heavy atom. The molecule has 1 unspecified atom stereocenters. The van der Waals surface area contributed by atoms with Gasteiger partial charge in [-0.05, 0) is 39.3 Å². The zero-order valence-corrected chi connectivity index (χ0v) is 11.7. The predicted octanol–water partition coefficient (Wildman–Crippen LogP) is 1.02. The van der Waals surface area contributed by atoms with Crippen LogP contribution in [0.3, 0.4) is 0 Å². The molecular formula is C13H25N3O3. The van der Waals surface area contributed by atoms with E-state index in [0.717, 1.165) is 38.8 Å². The molecule has 0 spiro atoms. The van der Waals surface area contributed by atoms with Gasteiger partial charge in [-0.1, -0.05) is 6.42 Å². The number of carboxylic acids is 1. The molecule has 1 rings (SSSR count). The molecule has 0 aliphatic carbocycles. The van der Waals surface area contributed by atoms with Crippen LogP contribution in [0.25, 0.3) is 0 Å². The molecule has 1 fully saturated rings. The number of unbranched alkanes of at least 4 members (excludes halogenated alkanes) is 2. The van der Waals surface area contributed by atoms with Crippen LogP contribution in [0.5, 0.6) is 0 Å². The van der Waals surface area contributed by atoms with E-state index < -0.39 is 5.97 Å². The molecule has 1 saturated heterocycles. The SMILES string of the molecule is CN1CCCC(NC(=O)NCCCCCC(=O)O)C1. The number of carbonyl (C=O) groups excluding carboxylic acids is 1.